The lowest BCUT2D eigenvalue weighted by Gasteiger charge is -2.21. The van der Waals surface area contributed by atoms with E-state index in [0.717, 1.165) is 0 Å². The number of aromatic nitrogens is 6. The summed E-state index contributed by atoms with van der Waals surface area (Å²) in [6.45, 7) is 4.26. The Morgan fingerprint density at radius 1 is 1.24 bits per heavy atom. The molecule has 0 aromatic carbocycles. The molecule has 2 aromatic heterocycles. The maximum Gasteiger partial charge on any atom is 0.258 e. The van der Waals surface area contributed by atoms with Crippen LogP contribution in [0.25, 0.3) is 5.95 Å². The van der Waals surface area contributed by atoms with Crippen LogP contribution in [0.5, 0.6) is 0 Å². The van der Waals surface area contributed by atoms with Crippen molar-refractivity contribution in [2.75, 3.05) is 24.3 Å². The summed E-state index contributed by atoms with van der Waals surface area (Å²) in [7, 11) is 1.73. The predicted octanol–water partition coefficient (Wildman–Crippen LogP) is 0.313. The Labute approximate surface area is 122 Å². The first-order valence-corrected chi connectivity index (χ1v) is 6.80. The van der Waals surface area contributed by atoms with Gasteiger partial charge < -0.3 is 15.7 Å². The minimum Gasteiger partial charge on any atom is -0.396 e. The van der Waals surface area contributed by atoms with E-state index in [2.05, 4.69) is 49.5 Å². The summed E-state index contributed by atoms with van der Waals surface area (Å²) in [6, 6.07) is 0.0747. The highest BCUT2D eigenvalue weighted by Crippen LogP contribution is 2.14. The molecule has 9 heteroatoms. The van der Waals surface area contributed by atoms with E-state index in [1.165, 1.54) is 17.3 Å². The molecule has 2 aromatic rings. The van der Waals surface area contributed by atoms with Crippen LogP contribution in [-0.4, -0.2) is 54.5 Å². The minimum absolute atomic E-state index is 0.0747. The summed E-state index contributed by atoms with van der Waals surface area (Å²) in [4.78, 5) is 16.7. The highest BCUT2D eigenvalue weighted by Gasteiger charge is 2.16. The number of rotatable bonds is 7. The van der Waals surface area contributed by atoms with Crippen LogP contribution in [0.2, 0.25) is 0 Å². The second-order valence-corrected chi connectivity index (χ2v) is 4.88. The average molecular weight is 292 g/mol. The third kappa shape index (κ3) is 3.85. The van der Waals surface area contributed by atoms with Crippen LogP contribution in [0.4, 0.5) is 11.9 Å². The van der Waals surface area contributed by atoms with Crippen molar-refractivity contribution < 1.29 is 5.11 Å². The Hall–Kier alpha value is -2.29. The number of anilines is 2. The predicted molar refractivity (Wildman–Crippen MR) is 78.2 cm³/mol. The molecule has 0 radical (unpaired) electrons. The van der Waals surface area contributed by atoms with Crippen molar-refractivity contribution in [1.82, 2.24) is 29.7 Å². The van der Waals surface area contributed by atoms with Crippen LogP contribution in [0.15, 0.2) is 12.7 Å². The fourth-order valence-electron chi connectivity index (χ4n) is 1.83. The molecule has 2 heterocycles. The van der Waals surface area contributed by atoms with E-state index in [9.17, 15) is 0 Å². The number of aliphatic hydroxyl groups excluding tert-OH is 1. The molecule has 0 spiro atoms. The van der Waals surface area contributed by atoms with Crippen molar-refractivity contribution in [3.63, 3.8) is 0 Å². The van der Waals surface area contributed by atoms with Crippen LogP contribution in [0.1, 0.15) is 20.3 Å². The molecule has 0 aliphatic carbocycles. The Kier molecular flexibility index (Phi) is 4.99. The second kappa shape index (κ2) is 6.93. The molecule has 2 rings (SSSR count). The number of hydrogen-bond acceptors (Lipinski definition) is 8. The first-order chi connectivity index (χ1) is 10.1. The van der Waals surface area contributed by atoms with Crippen LogP contribution in [-0.2, 0) is 0 Å². The third-order valence-electron chi connectivity index (χ3n) is 3.03. The molecule has 0 amide bonds. The lowest BCUT2D eigenvalue weighted by molar-refractivity contribution is 0.267. The molecular weight excluding hydrogens is 272 g/mol. The van der Waals surface area contributed by atoms with Gasteiger partial charge in [-0.15, -0.1) is 0 Å². The lowest BCUT2D eigenvalue weighted by atomic mass is 10.0. The van der Waals surface area contributed by atoms with Crippen molar-refractivity contribution in [3.8, 4) is 5.95 Å². The molecule has 0 saturated heterocycles. The molecule has 9 nitrogen and oxygen atoms in total. The molecule has 114 valence electrons. The van der Waals surface area contributed by atoms with Gasteiger partial charge in [0.2, 0.25) is 11.9 Å². The summed E-state index contributed by atoms with van der Waals surface area (Å²) in [5, 5.41) is 19.3. The summed E-state index contributed by atoms with van der Waals surface area (Å²) >= 11 is 0. The maximum absolute atomic E-state index is 9.14. The standard InChI is InChI=1S/C12H20N8O/c1-8(2)9(4-5-21)16-11-17-10(13-3)18-12(19-11)20-7-14-6-15-20/h6-9,21H,4-5H2,1-3H3,(H2,13,16,17,18,19). The Morgan fingerprint density at radius 2 is 2.00 bits per heavy atom. The van der Waals surface area contributed by atoms with Crippen molar-refractivity contribution in [2.45, 2.75) is 26.3 Å². The van der Waals surface area contributed by atoms with Gasteiger partial charge in [-0.05, 0) is 12.3 Å². The van der Waals surface area contributed by atoms with Gasteiger partial charge >= 0.3 is 0 Å². The van der Waals surface area contributed by atoms with Gasteiger partial charge in [-0.1, -0.05) is 13.8 Å². The van der Waals surface area contributed by atoms with Crippen molar-refractivity contribution >= 4 is 11.9 Å². The van der Waals surface area contributed by atoms with Crippen LogP contribution in [0.3, 0.4) is 0 Å². The molecule has 21 heavy (non-hydrogen) atoms. The monoisotopic (exact) mass is 292 g/mol. The molecule has 0 aliphatic heterocycles. The zero-order valence-corrected chi connectivity index (χ0v) is 12.4. The van der Waals surface area contributed by atoms with E-state index < -0.39 is 0 Å². The molecule has 0 bridgehead atoms. The van der Waals surface area contributed by atoms with E-state index in [4.69, 9.17) is 5.11 Å². The normalized spacial score (nSPS) is 12.4. The summed E-state index contributed by atoms with van der Waals surface area (Å²) in [5.41, 5.74) is 0. The summed E-state index contributed by atoms with van der Waals surface area (Å²) in [6.07, 6.45) is 3.56. The smallest absolute Gasteiger partial charge is 0.258 e. The number of nitrogens with zero attached hydrogens (tertiary/aromatic N) is 6. The number of nitrogens with one attached hydrogen (secondary N) is 2. The lowest BCUT2D eigenvalue weighted by Crippen LogP contribution is -2.28. The van der Waals surface area contributed by atoms with Gasteiger partial charge in [0.15, 0.2) is 0 Å². The zero-order valence-electron chi connectivity index (χ0n) is 12.4. The van der Waals surface area contributed by atoms with Gasteiger partial charge in [0.1, 0.15) is 12.7 Å². The second-order valence-electron chi connectivity index (χ2n) is 4.88. The van der Waals surface area contributed by atoms with Gasteiger partial charge in [-0.25, -0.2) is 4.98 Å². The molecule has 0 fully saturated rings. The van der Waals surface area contributed by atoms with Crippen LogP contribution < -0.4 is 10.6 Å². The zero-order chi connectivity index (χ0) is 15.2. The Bertz CT molecular complexity index is 556. The molecule has 1 atom stereocenters. The van der Waals surface area contributed by atoms with Crippen LogP contribution in [0, 0.1) is 5.92 Å². The Morgan fingerprint density at radius 3 is 2.57 bits per heavy atom. The summed E-state index contributed by atoms with van der Waals surface area (Å²) in [5.74, 6) is 1.58. The highest BCUT2D eigenvalue weighted by atomic mass is 16.3. The van der Waals surface area contributed by atoms with Gasteiger partial charge in [-0.2, -0.15) is 24.7 Å². The van der Waals surface area contributed by atoms with E-state index in [0.29, 0.717) is 30.2 Å². The molecule has 3 N–H and O–H groups in total. The largest absolute Gasteiger partial charge is 0.396 e. The van der Waals surface area contributed by atoms with Gasteiger partial charge in [0.25, 0.3) is 5.95 Å². The van der Waals surface area contributed by atoms with E-state index >= 15 is 0 Å². The highest BCUT2D eigenvalue weighted by molar-refractivity contribution is 5.37. The first-order valence-electron chi connectivity index (χ1n) is 6.80. The van der Waals surface area contributed by atoms with E-state index in [1.807, 2.05) is 0 Å². The van der Waals surface area contributed by atoms with Crippen molar-refractivity contribution in [3.05, 3.63) is 12.7 Å². The molecule has 1 unspecified atom stereocenters. The van der Waals surface area contributed by atoms with Crippen molar-refractivity contribution in [2.24, 2.45) is 5.92 Å². The number of aliphatic hydroxyl groups is 1. The first kappa shape index (κ1) is 15.1. The Balaban J connectivity index is 2.28. The molecule has 0 aliphatic rings. The van der Waals surface area contributed by atoms with E-state index in [-0.39, 0.29) is 12.6 Å². The third-order valence-corrected chi connectivity index (χ3v) is 3.03. The fraction of sp³-hybridized carbons (Fsp3) is 0.583. The fourth-order valence-corrected chi connectivity index (χ4v) is 1.83. The van der Waals surface area contributed by atoms with Gasteiger partial charge in [0.05, 0.1) is 0 Å². The minimum atomic E-state index is 0.0747. The topological polar surface area (TPSA) is 114 Å². The molecule has 0 saturated carbocycles. The SMILES string of the molecule is CNc1nc(NC(CCO)C(C)C)nc(-n2cncn2)n1. The quantitative estimate of drug-likeness (QED) is 0.668. The maximum atomic E-state index is 9.14. The number of hydrogen-bond donors (Lipinski definition) is 3. The average Bonchev–Trinajstić information content (AvgIpc) is 3.00. The molecular formula is C12H20N8O. The van der Waals surface area contributed by atoms with Crippen molar-refractivity contribution in [1.29, 1.82) is 0 Å². The van der Waals surface area contributed by atoms with Crippen LogP contribution >= 0.6 is 0 Å². The van der Waals surface area contributed by atoms with Gasteiger partial charge in [-0.3, -0.25) is 0 Å². The summed E-state index contributed by atoms with van der Waals surface area (Å²) < 4.78 is 1.46. The van der Waals surface area contributed by atoms with Gasteiger partial charge in [0, 0.05) is 19.7 Å². The van der Waals surface area contributed by atoms with E-state index in [1.54, 1.807) is 7.05 Å².